The number of fused-ring (bicyclic) bond motifs is 1. The van der Waals surface area contributed by atoms with E-state index in [1.165, 1.54) is 0 Å². The number of nitrogens with zero attached hydrogens (tertiary/aromatic N) is 3. The first-order valence-corrected chi connectivity index (χ1v) is 9.11. The number of aromatic nitrogens is 2. The van der Waals surface area contributed by atoms with Crippen LogP contribution in [0.15, 0.2) is 12.4 Å². The molecule has 24 heavy (non-hydrogen) atoms. The fourth-order valence-electron chi connectivity index (χ4n) is 3.88. The molecule has 3 rings (SSSR count). The summed E-state index contributed by atoms with van der Waals surface area (Å²) < 4.78 is 2.20. The minimum atomic E-state index is -0.660. The third-order valence-corrected chi connectivity index (χ3v) is 5.41. The van der Waals surface area contributed by atoms with Gasteiger partial charge in [0.2, 0.25) is 5.91 Å². The zero-order chi connectivity index (χ0) is 17.0. The SMILES string of the molecule is C[C@H](NC[C@H]1CCCn2ccnc21)C(=O)NC1(C#N)CCCCC1. The van der Waals surface area contributed by atoms with Crippen LogP contribution in [0, 0.1) is 11.3 Å². The number of nitriles is 1. The average Bonchev–Trinajstić information content (AvgIpc) is 3.09. The molecule has 1 aliphatic carbocycles. The van der Waals surface area contributed by atoms with Gasteiger partial charge in [-0.2, -0.15) is 5.26 Å². The summed E-state index contributed by atoms with van der Waals surface area (Å²) in [5, 5.41) is 15.8. The molecule has 0 radical (unpaired) electrons. The predicted octanol–water partition coefficient (Wildman–Crippen LogP) is 2.08. The molecule has 1 aliphatic heterocycles. The zero-order valence-electron chi connectivity index (χ0n) is 14.4. The fourth-order valence-corrected chi connectivity index (χ4v) is 3.88. The van der Waals surface area contributed by atoms with Crippen molar-refractivity contribution in [3.05, 3.63) is 18.2 Å². The van der Waals surface area contributed by atoms with Crippen molar-refractivity contribution < 1.29 is 4.79 Å². The Balaban J connectivity index is 1.53. The summed E-state index contributed by atoms with van der Waals surface area (Å²) in [7, 11) is 0. The fraction of sp³-hybridized carbons (Fsp3) is 0.722. The Labute approximate surface area is 143 Å². The molecule has 0 aromatic carbocycles. The van der Waals surface area contributed by atoms with Crippen molar-refractivity contribution in [2.45, 2.75) is 75.9 Å². The van der Waals surface area contributed by atoms with Crippen molar-refractivity contribution >= 4 is 5.91 Å². The number of carbonyl (C=O) groups is 1. The van der Waals surface area contributed by atoms with Crippen LogP contribution in [0.3, 0.4) is 0 Å². The first kappa shape index (κ1) is 17.0. The van der Waals surface area contributed by atoms with E-state index in [0.717, 1.165) is 63.9 Å². The molecule has 2 heterocycles. The van der Waals surface area contributed by atoms with Gasteiger partial charge in [0.25, 0.3) is 0 Å². The predicted molar refractivity (Wildman–Crippen MR) is 91.2 cm³/mol. The third-order valence-electron chi connectivity index (χ3n) is 5.41. The first-order chi connectivity index (χ1) is 11.6. The van der Waals surface area contributed by atoms with E-state index in [1.807, 2.05) is 19.3 Å². The second-order valence-corrected chi connectivity index (χ2v) is 7.19. The van der Waals surface area contributed by atoms with E-state index >= 15 is 0 Å². The molecule has 0 spiro atoms. The van der Waals surface area contributed by atoms with Crippen LogP contribution in [-0.4, -0.2) is 33.6 Å². The van der Waals surface area contributed by atoms with Crippen LogP contribution >= 0.6 is 0 Å². The Morgan fingerprint density at radius 2 is 2.25 bits per heavy atom. The van der Waals surface area contributed by atoms with Crippen LogP contribution in [0.2, 0.25) is 0 Å². The number of nitrogens with one attached hydrogen (secondary N) is 2. The first-order valence-electron chi connectivity index (χ1n) is 9.11. The molecule has 6 heteroatoms. The van der Waals surface area contributed by atoms with E-state index in [4.69, 9.17) is 0 Å². The summed E-state index contributed by atoms with van der Waals surface area (Å²) in [6.07, 6.45) is 10.8. The van der Waals surface area contributed by atoms with E-state index in [1.54, 1.807) is 0 Å². The summed E-state index contributed by atoms with van der Waals surface area (Å²) in [5.74, 6) is 1.39. The molecule has 0 saturated heterocycles. The van der Waals surface area contributed by atoms with Crippen LogP contribution in [0.1, 0.15) is 63.6 Å². The van der Waals surface area contributed by atoms with Crippen molar-refractivity contribution in [1.82, 2.24) is 20.2 Å². The van der Waals surface area contributed by atoms with Crippen LogP contribution in [-0.2, 0) is 11.3 Å². The lowest BCUT2D eigenvalue weighted by molar-refractivity contribution is -0.124. The molecule has 1 fully saturated rings. The standard InChI is InChI=1S/C18H27N5O/c1-14(17(24)22-18(13-19)7-3-2-4-8-18)21-12-15-6-5-10-23-11-9-20-16(15)23/h9,11,14-15,21H,2-8,10,12H2,1H3,(H,22,24)/t14-,15+/m0/s1. The summed E-state index contributed by atoms with van der Waals surface area (Å²) >= 11 is 0. The lowest BCUT2D eigenvalue weighted by Gasteiger charge is -2.33. The molecular formula is C18H27N5O. The third kappa shape index (κ3) is 3.62. The van der Waals surface area contributed by atoms with Gasteiger partial charge in [-0.15, -0.1) is 0 Å². The zero-order valence-corrected chi connectivity index (χ0v) is 14.4. The molecule has 1 amide bonds. The topological polar surface area (TPSA) is 82.7 Å². The number of rotatable bonds is 5. The summed E-state index contributed by atoms with van der Waals surface area (Å²) in [5.41, 5.74) is -0.660. The molecule has 1 saturated carbocycles. The molecule has 1 aromatic heterocycles. The van der Waals surface area contributed by atoms with Gasteiger partial charge >= 0.3 is 0 Å². The Bertz CT molecular complexity index is 611. The van der Waals surface area contributed by atoms with E-state index in [-0.39, 0.29) is 11.9 Å². The van der Waals surface area contributed by atoms with Gasteiger partial charge in [0.15, 0.2) is 0 Å². The largest absolute Gasteiger partial charge is 0.336 e. The maximum Gasteiger partial charge on any atom is 0.238 e. The van der Waals surface area contributed by atoms with Gasteiger partial charge < -0.3 is 15.2 Å². The Morgan fingerprint density at radius 3 is 3.00 bits per heavy atom. The highest BCUT2D eigenvalue weighted by atomic mass is 16.2. The van der Waals surface area contributed by atoms with Gasteiger partial charge in [0.1, 0.15) is 11.4 Å². The van der Waals surface area contributed by atoms with E-state index in [2.05, 4.69) is 26.3 Å². The molecule has 2 N–H and O–H groups in total. The molecule has 0 unspecified atom stereocenters. The summed E-state index contributed by atoms with van der Waals surface area (Å²) in [6.45, 7) is 3.65. The maximum absolute atomic E-state index is 12.5. The van der Waals surface area contributed by atoms with Gasteiger partial charge in [0, 0.05) is 31.4 Å². The molecular weight excluding hydrogens is 302 g/mol. The van der Waals surface area contributed by atoms with Crippen LogP contribution < -0.4 is 10.6 Å². The number of imidazole rings is 1. The summed E-state index contributed by atoms with van der Waals surface area (Å²) in [6, 6.07) is 2.04. The Hall–Kier alpha value is -1.87. The van der Waals surface area contributed by atoms with Gasteiger partial charge in [-0.3, -0.25) is 4.79 Å². The molecule has 130 valence electrons. The quantitative estimate of drug-likeness (QED) is 0.866. The molecule has 1 aromatic rings. The number of hydrogen-bond acceptors (Lipinski definition) is 4. The highest BCUT2D eigenvalue weighted by molar-refractivity contribution is 5.82. The van der Waals surface area contributed by atoms with E-state index in [0.29, 0.717) is 5.92 Å². The smallest absolute Gasteiger partial charge is 0.238 e. The van der Waals surface area contributed by atoms with Crippen LogP contribution in [0.5, 0.6) is 0 Å². The normalized spacial score (nSPS) is 23.8. The second kappa shape index (κ2) is 7.35. The minimum Gasteiger partial charge on any atom is -0.336 e. The van der Waals surface area contributed by atoms with E-state index in [9.17, 15) is 10.1 Å². The van der Waals surface area contributed by atoms with Gasteiger partial charge in [-0.1, -0.05) is 19.3 Å². The van der Waals surface area contributed by atoms with Crippen molar-refractivity contribution in [2.24, 2.45) is 0 Å². The molecule has 2 aliphatic rings. The van der Waals surface area contributed by atoms with Crippen LogP contribution in [0.25, 0.3) is 0 Å². The van der Waals surface area contributed by atoms with Gasteiger partial charge in [-0.25, -0.2) is 4.98 Å². The Kier molecular flexibility index (Phi) is 5.20. The van der Waals surface area contributed by atoms with Crippen LogP contribution in [0.4, 0.5) is 0 Å². The highest BCUT2D eigenvalue weighted by Gasteiger charge is 2.34. The average molecular weight is 329 g/mol. The number of amides is 1. The van der Waals surface area contributed by atoms with Gasteiger partial charge in [-0.05, 0) is 32.6 Å². The Morgan fingerprint density at radius 1 is 1.46 bits per heavy atom. The number of aryl methyl sites for hydroxylation is 1. The molecule has 2 atom stereocenters. The molecule has 0 bridgehead atoms. The maximum atomic E-state index is 12.5. The highest BCUT2D eigenvalue weighted by Crippen LogP contribution is 2.28. The van der Waals surface area contributed by atoms with E-state index < -0.39 is 5.54 Å². The van der Waals surface area contributed by atoms with Crippen molar-refractivity contribution in [2.75, 3.05) is 6.54 Å². The lowest BCUT2D eigenvalue weighted by Crippen LogP contribution is -2.54. The second-order valence-electron chi connectivity index (χ2n) is 7.19. The van der Waals surface area contributed by atoms with Gasteiger partial charge in [0.05, 0.1) is 12.1 Å². The number of hydrogen-bond donors (Lipinski definition) is 2. The summed E-state index contributed by atoms with van der Waals surface area (Å²) in [4.78, 5) is 17.0. The number of carbonyl (C=O) groups excluding carboxylic acids is 1. The monoisotopic (exact) mass is 329 g/mol. The lowest BCUT2D eigenvalue weighted by atomic mass is 9.82. The van der Waals surface area contributed by atoms with Crippen molar-refractivity contribution in [3.63, 3.8) is 0 Å². The van der Waals surface area contributed by atoms with Crippen molar-refractivity contribution in [1.29, 1.82) is 5.26 Å². The molecule has 6 nitrogen and oxygen atoms in total. The minimum absolute atomic E-state index is 0.0717. The van der Waals surface area contributed by atoms with Crippen molar-refractivity contribution in [3.8, 4) is 6.07 Å².